The number of benzene rings is 2. The molecule has 0 aliphatic carbocycles. The quantitative estimate of drug-likeness (QED) is 0.725. The van der Waals surface area contributed by atoms with Crippen LogP contribution in [0.2, 0.25) is 10.0 Å². The maximum absolute atomic E-state index is 12.1. The Balaban J connectivity index is 1.56. The van der Waals surface area contributed by atoms with Crippen LogP contribution in [0.5, 0.6) is 0 Å². The van der Waals surface area contributed by atoms with Crippen LogP contribution in [0.1, 0.15) is 24.0 Å². The fourth-order valence-electron chi connectivity index (χ4n) is 2.88. The van der Waals surface area contributed by atoms with Crippen molar-refractivity contribution >= 4 is 40.9 Å². The largest absolute Gasteiger partial charge is 0.323 e. The molecule has 0 atom stereocenters. The molecule has 0 spiro atoms. The van der Waals surface area contributed by atoms with E-state index in [1.165, 1.54) is 37.6 Å². The van der Waals surface area contributed by atoms with E-state index in [-0.39, 0.29) is 5.91 Å². The van der Waals surface area contributed by atoms with E-state index < -0.39 is 0 Å². The Hall–Kier alpha value is -1.81. The number of hydrogen-bond donors (Lipinski definition) is 1. The van der Waals surface area contributed by atoms with Crippen LogP contribution < -0.4 is 5.32 Å². The third-order valence-electron chi connectivity index (χ3n) is 4.20. The summed E-state index contributed by atoms with van der Waals surface area (Å²) in [5.74, 6) is -0.196. The van der Waals surface area contributed by atoms with Crippen LogP contribution in [-0.2, 0) is 11.3 Å². The molecule has 1 saturated heterocycles. The van der Waals surface area contributed by atoms with Gasteiger partial charge in [0.15, 0.2) is 0 Å². The monoisotopic (exact) mass is 374 g/mol. The van der Waals surface area contributed by atoms with E-state index >= 15 is 0 Å². The summed E-state index contributed by atoms with van der Waals surface area (Å²) < 4.78 is 0. The van der Waals surface area contributed by atoms with Crippen molar-refractivity contribution in [1.29, 1.82) is 0 Å². The molecule has 0 bridgehead atoms. The summed E-state index contributed by atoms with van der Waals surface area (Å²) in [4.78, 5) is 14.5. The minimum Gasteiger partial charge on any atom is -0.323 e. The number of likely N-dealkylation sites (tertiary alicyclic amines) is 1. The van der Waals surface area contributed by atoms with Crippen molar-refractivity contribution in [1.82, 2.24) is 4.90 Å². The minimum absolute atomic E-state index is 0.196. The first kappa shape index (κ1) is 18.0. The van der Waals surface area contributed by atoms with Gasteiger partial charge in [-0.25, -0.2) is 0 Å². The van der Waals surface area contributed by atoms with Gasteiger partial charge in [-0.15, -0.1) is 0 Å². The summed E-state index contributed by atoms with van der Waals surface area (Å²) in [6.45, 7) is 3.33. The molecule has 3 nitrogen and oxygen atoms in total. The van der Waals surface area contributed by atoms with Gasteiger partial charge in [-0.1, -0.05) is 41.4 Å². The zero-order valence-corrected chi connectivity index (χ0v) is 15.4. The Bertz CT molecular complexity index is 766. The number of carbonyl (C=O) groups is 1. The number of nitrogens with zero attached hydrogens (tertiary/aromatic N) is 1. The number of anilines is 1. The Labute approximate surface area is 158 Å². The third kappa shape index (κ3) is 5.33. The Kier molecular flexibility index (Phi) is 6.14. The normalized spacial score (nSPS) is 15.0. The van der Waals surface area contributed by atoms with Gasteiger partial charge in [0.25, 0.3) is 0 Å². The van der Waals surface area contributed by atoms with E-state index in [9.17, 15) is 4.79 Å². The second-order valence-corrected chi connectivity index (χ2v) is 7.01. The Morgan fingerprint density at radius 1 is 1.08 bits per heavy atom. The maximum atomic E-state index is 12.1. The van der Waals surface area contributed by atoms with Crippen molar-refractivity contribution in [2.24, 2.45) is 0 Å². The van der Waals surface area contributed by atoms with Crippen molar-refractivity contribution < 1.29 is 4.79 Å². The number of halogens is 2. The lowest BCUT2D eigenvalue weighted by Gasteiger charge is -2.14. The number of rotatable bonds is 5. The molecular weight excluding hydrogens is 355 g/mol. The summed E-state index contributed by atoms with van der Waals surface area (Å²) in [5, 5.41) is 3.94. The molecule has 130 valence electrons. The smallest absolute Gasteiger partial charge is 0.248 e. The summed E-state index contributed by atoms with van der Waals surface area (Å²) >= 11 is 12.0. The first-order valence-corrected chi connectivity index (χ1v) is 9.11. The molecule has 1 aliphatic rings. The van der Waals surface area contributed by atoms with Gasteiger partial charge in [-0.05, 0) is 67.4 Å². The second kappa shape index (κ2) is 8.52. The Morgan fingerprint density at radius 3 is 2.48 bits per heavy atom. The second-order valence-electron chi connectivity index (χ2n) is 6.17. The summed E-state index contributed by atoms with van der Waals surface area (Å²) in [6.07, 6.45) is 5.72. The zero-order chi connectivity index (χ0) is 17.6. The molecular formula is C20H20Cl2N2O. The number of hydrogen-bond acceptors (Lipinski definition) is 2. The molecule has 1 heterocycles. The van der Waals surface area contributed by atoms with Crippen molar-refractivity contribution in [2.45, 2.75) is 19.4 Å². The molecule has 0 radical (unpaired) electrons. The standard InChI is InChI=1S/C20H20Cl2N2O/c21-17-7-5-16(19(22)13-17)6-10-20(25)23-18-8-3-15(4-9-18)14-24-11-1-2-12-24/h3-10,13H,1-2,11-12,14H2,(H,23,25). The van der Waals surface area contributed by atoms with Gasteiger partial charge in [-0.3, -0.25) is 9.69 Å². The van der Waals surface area contributed by atoms with Crippen LogP contribution in [0, 0.1) is 0 Å². The van der Waals surface area contributed by atoms with E-state index in [4.69, 9.17) is 23.2 Å². The molecule has 0 aromatic heterocycles. The third-order valence-corrected chi connectivity index (χ3v) is 4.77. The van der Waals surface area contributed by atoms with Gasteiger partial charge < -0.3 is 5.32 Å². The van der Waals surface area contributed by atoms with Crippen LogP contribution in [0.15, 0.2) is 48.5 Å². The predicted octanol–water partition coefficient (Wildman–Crippen LogP) is 5.24. The lowest BCUT2D eigenvalue weighted by atomic mass is 10.2. The molecule has 2 aromatic rings. The molecule has 0 unspecified atom stereocenters. The van der Waals surface area contributed by atoms with E-state index in [0.717, 1.165) is 17.8 Å². The number of carbonyl (C=O) groups excluding carboxylic acids is 1. The molecule has 0 saturated carbocycles. The van der Waals surface area contributed by atoms with Gasteiger partial charge >= 0.3 is 0 Å². The average molecular weight is 375 g/mol. The number of amides is 1. The molecule has 1 aliphatic heterocycles. The van der Waals surface area contributed by atoms with E-state index in [1.807, 2.05) is 12.1 Å². The van der Waals surface area contributed by atoms with E-state index in [0.29, 0.717) is 10.0 Å². The molecule has 1 N–H and O–H groups in total. The SMILES string of the molecule is O=C(C=Cc1ccc(Cl)cc1Cl)Nc1ccc(CN2CCCC2)cc1. The molecule has 1 amide bonds. The van der Waals surface area contributed by atoms with Gasteiger partial charge in [0.05, 0.1) is 0 Å². The fourth-order valence-corrected chi connectivity index (χ4v) is 3.35. The van der Waals surface area contributed by atoms with Crippen LogP contribution >= 0.6 is 23.2 Å². The first-order valence-electron chi connectivity index (χ1n) is 8.35. The van der Waals surface area contributed by atoms with Crippen LogP contribution in [-0.4, -0.2) is 23.9 Å². The van der Waals surface area contributed by atoms with E-state index in [2.05, 4.69) is 22.3 Å². The lowest BCUT2D eigenvalue weighted by Crippen LogP contribution is -2.18. The van der Waals surface area contributed by atoms with Gasteiger partial charge in [0.2, 0.25) is 5.91 Å². The highest BCUT2D eigenvalue weighted by Gasteiger charge is 2.11. The number of nitrogens with one attached hydrogen (secondary N) is 1. The van der Waals surface area contributed by atoms with E-state index in [1.54, 1.807) is 24.3 Å². The highest BCUT2D eigenvalue weighted by Crippen LogP contribution is 2.22. The first-order chi connectivity index (χ1) is 12.1. The predicted molar refractivity (Wildman–Crippen MR) is 105 cm³/mol. The molecule has 3 rings (SSSR count). The zero-order valence-electron chi connectivity index (χ0n) is 13.8. The van der Waals surface area contributed by atoms with Crippen molar-refractivity contribution in [3.05, 3.63) is 69.7 Å². The van der Waals surface area contributed by atoms with Gasteiger partial charge in [-0.2, -0.15) is 0 Å². The van der Waals surface area contributed by atoms with Crippen LogP contribution in [0.3, 0.4) is 0 Å². The van der Waals surface area contributed by atoms with Crippen molar-refractivity contribution in [3.8, 4) is 0 Å². The molecule has 1 fully saturated rings. The highest BCUT2D eigenvalue weighted by molar-refractivity contribution is 6.35. The molecule has 25 heavy (non-hydrogen) atoms. The summed E-state index contributed by atoms with van der Waals surface area (Å²) in [6, 6.07) is 13.2. The van der Waals surface area contributed by atoms with Gasteiger partial charge in [0.1, 0.15) is 0 Å². The highest BCUT2D eigenvalue weighted by atomic mass is 35.5. The van der Waals surface area contributed by atoms with Crippen molar-refractivity contribution in [2.75, 3.05) is 18.4 Å². The summed E-state index contributed by atoms with van der Waals surface area (Å²) in [7, 11) is 0. The fraction of sp³-hybridized carbons (Fsp3) is 0.250. The Morgan fingerprint density at radius 2 is 1.80 bits per heavy atom. The molecule has 5 heteroatoms. The minimum atomic E-state index is -0.196. The maximum Gasteiger partial charge on any atom is 0.248 e. The topological polar surface area (TPSA) is 32.3 Å². The van der Waals surface area contributed by atoms with Crippen molar-refractivity contribution in [3.63, 3.8) is 0 Å². The lowest BCUT2D eigenvalue weighted by molar-refractivity contribution is -0.111. The molecule has 2 aromatic carbocycles. The van der Waals surface area contributed by atoms with Crippen LogP contribution in [0.25, 0.3) is 6.08 Å². The average Bonchev–Trinajstić information content (AvgIpc) is 3.09. The summed E-state index contributed by atoms with van der Waals surface area (Å²) in [5.41, 5.74) is 2.80. The van der Waals surface area contributed by atoms with Crippen LogP contribution in [0.4, 0.5) is 5.69 Å². The van der Waals surface area contributed by atoms with Gasteiger partial charge in [0, 0.05) is 28.4 Å².